The van der Waals surface area contributed by atoms with E-state index in [1.165, 1.54) is 21.7 Å². The summed E-state index contributed by atoms with van der Waals surface area (Å²) < 4.78 is 25.1. The van der Waals surface area contributed by atoms with Gasteiger partial charge in [0.25, 0.3) is 5.56 Å². The number of rotatable bonds is 2. The summed E-state index contributed by atoms with van der Waals surface area (Å²) in [6.45, 7) is 2.21. The molecule has 4 rings (SSSR count). The van der Waals surface area contributed by atoms with Crippen LogP contribution in [0.15, 0.2) is 29.1 Å². The molecule has 1 N–H and O–H groups in total. The minimum absolute atomic E-state index is 0.154. The van der Waals surface area contributed by atoms with Crippen molar-refractivity contribution in [3.8, 4) is 0 Å². The number of hydrogen-bond acceptors (Lipinski definition) is 5. The van der Waals surface area contributed by atoms with Gasteiger partial charge in [0.1, 0.15) is 0 Å². The monoisotopic (exact) mass is 374 g/mol. The van der Waals surface area contributed by atoms with Crippen LogP contribution < -0.4 is 10.5 Å². The zero-order chi connectivity index (χ0) is 18.3. The van der Waals surface area contributed by atoms with Gasteiger partial charge in [-0.3, -0.25) is 9.78 Å². The van der Waals surface area contributed by atoms with Gasteiger partial charge in [0.2, 0.25) is 16.0 Å². The van der Waals surface area contributed by atoms with Crippen molar-refractivity contribution in [2.45, 2.75) is 25.8 Å². The molecule has 0 amide bonds. The van der Waals surface area contributed by atoms with E-state index >= 15 is 0 Å². The first kappa shape index (κ1) is 17.2. The molecule has 8 heteroatoms. The summed E-state index contributed by atoms with van der Waals surface area (Å²) in [5.41, 5.74) is 3.76. The van der Waals surface area contributed by atoms with Gasteiger partial charge in [-0.1, -0.05) is 24.3 Å². The van der Waals surface area contributed by atoms with Gasteiger partial charge in [0.15, 0.2) is 0 Å². The molecule has 138 valence electrons. The number of nitrogens with zero attached hydrogens (tertiary/aromatic N) is 3. The standard InChI is InChI=1S/C18H22N4O3S/c1-26(24,25)22-10-7-15-16(8-11-22)19-18(20-17(15)23)21-9-6-13-4-2-3-5-14(13)12-21/h2-5H,6-12H2,1H3,(H,19,20,23). The maximum absolute atomic E-state index is 12.6. The Labute approximate surface area is 152 Å². The Morgan fingerprint density at radius 3 is 2.54 bits per heavy atom. The van der Waals surface area contributed by atoms with E-state index in [0.29, 0.717) is 49.7 Å². The predicted molar refractivity (Wildman–Crippen MR) is 99.9 cm³/mol. The molecule has 0 bridgehead atoms. The highest BCUT2D eigenvalue weighted by Gasteiger charge is 2.25. The molecule has 0 atom stereocenters. The Hall–Kier alpha value is -2.19. The zero-order valence-electron chi connectivity index (χ0n) is 14.7. The highest BCUT2D eigenvalue weighted by Crippen LogP contribution is 2.22. The van der Waals surface area contributed by atoms with Crippen molar-refractivity contribution in [2.75, 3.05) is 30.8 Å². The first-order chi connectivity index (χ1) is 12.4. The molecule has 26 heavy (non-hydrogen) atoms. The van der Waals surface area contributed by atoms with Crippen molar-refractivity contribution in [1.29, 1.82) is 0 Å². The van der Waals surface area contributed by atoms with Crippen LogP contribution in [0.4, 0.5) is 5.95 Å². The summed E-state index contributed by atoms with van der Waals surface area (Å²) >= 11 is 0. The van der Waals surface area contributed by atoms with Crippen molar-refractivity contribution in [3.05, 3.63) is 57.0 Å². The highest BCUT2D eigenvalue weighted by atomic mass is 32.2. The Balaban J connectivity index is 1.63. The van der Waals surface area contributed by atoms with Crippen molar-refractivity contribution in [2.24, 2.45) is 0 Å². The number of aromatic nitrogens is 2. The fourth-order valence-corrected chi connectivity index (χ4v) is 4.58. The SMILES string of the molecule is CS(=O)(=O)N1CCc2nc(N3CCc4ccccc4C3)[nH]c(=O)c2CC1. The summed E-state index contributed by atoms with van der Waals surface area (Å²) in [7, 11) is -3.26. The molecule has 0 unspecified atom stereocenters. The van der Waals surface area contributed by atoms with Crippen molar-refractivity contribution >= 4 is 16.0 Å². The van der Waals surface area contributed by atoms with Crippen molar-refractivity contribution in [3.63, 3.8) is 0 Å². The van der Waals surface area contributed by atoms with Gasteiger partial charge in [-0.15, -0.1) is 0 Å². The van der Waals surface area contributed by atoms with E-state index in [-0.39, 0.29) is 5.56 Å². The largest absolute Gasteiger partial charge is 0.338 e. The van der Waals surface area contributed by atoms with E-state index in [9.17, 15) is 13.2 Å². The van der Waals surface area contributed by atoms with Crippen LogP contribution >= 0.6 is 0 Å². The zero-order valence-corrected chi connectivity index (χ0v) is 15.6. The van der Waals surface area contributed by atoms with Gasteiger partial charge in [-0.05, 0) is 24.0 Å². The van der Waals surface area contributed by atoms with E-state index in [4.69, 9.17) is 4.98 Å². The van der Waals surface area contributed by atoms with Crippen LogP contribution in [0.5, 0.6) is 0 Å². The maximum atomic E-state index is 12.6. The molecule has 2 aliphatic heterocycles. The molecular weight excluding hydrogens is 352 g/mol. The second kappa shape index (κ2) is 6.51. The predicted octanol–water partition coefficient (Wildman–Crippen LogP) is 0.693. The molecule has 0 fully saturated rings. The summed E-state index contributed by atoms with van der Waals surface area (Å²) in [4.78, 5) is 22.3. The van der Waals surface area contributed by atoms with Gasteiger partial charge in [-0.2, -0.15) is 0 Å². The Kier molecular flexibility index (Phi) is 4.32. The molecule has 3 heterocycles. The summed E-state index contributed by atoms with van der Waals surface area (Å²) in [6, 6.07) is 8.31. The maximum Gasteiger partial charge on any atom is 0.255 e. The lowest BCUT2D eigenvalue weighted by Crippen LogP contribution is -2.34. The molecule has 1 aromatic carbocycles. The van der Waals surface area contributed by atoms with Crippen LogP contribution in [-0.4, -0.2) is 48.6 Å². The molecule has 0 saturated carbocycles. The Morgan fingerprint density at radius 1 is 1.04 bits per heavy atom. The van der Waals surface area contributed by atoms with Gasteiger partial charge in [0.05, 0.1) is 11.9 Å². The molecule has 0 aliphatic carbocycles. The van der Waals surface area contributed by atoms with Crippen LogP contribution in [-0.2, 0) is 35.8 Å². The third-order valence-corrected chi connectivity index (χ3v) is 6.50. The number of aromatic amines is 1. The molecule has 0 spiro atoms. The van der Waals surface area contributed by atoms with Crippen LogP contribution in [0.2, 0.25) is 0 Å². The number of anilines is 1. The van der Waals surface area contributed by atoms with Crippen LogP contribution in [0.3, 0.4) is 0 Å². The van der Waals surface area contributed by atoms with Gasteiger partial charge < -0.3 is 4.90 Å². The summed E-state index contributed by atoms with van der Waals surface area (Å²) in [6.07, 6.45) is 2.98. The summed E-state index contributed by atoms with van der Waals surface area (Å²) in [5, 5.41) is 0. The average molecular weight is 374 g/mol. The third kappa shape index (κ3) is 3.26. The topological polar surface area (TPSA) is 86.4 Å². The quantitative estimate of drug-likeness (QED) is 0.836. The van der Waals surface area contributed by atoms with E-state index in [2.05, 4.69) is 22.0 Å². The second-order valence-corrected chi connectivity index (χ2v) is 8.90. The molecule has 7 nitrogen and oxygen atoms in total. The van der Waals surface area contributed by atoms with Gasteiger partial charge >= 0.3 is 0 Å². The van der Waals surface area contributed by atoms with Crippen molar-refractivity contribution < 1.29 is 8.42 Å². The minimum Gasteiger partial charge on any atom is -0.338 e. The number of nitrogens with one attached hydrogen (secondary N) is 1. The van der Waals surface area contributed by atoms with Crippen molar-refractivity contribution in [1.82, 2.24) is 14.3 Å². The second-order valence-electron chi connectivity index (χ2n) is 6.92. The molecule has 2 aromatic rings. The van der Waals surface area contributed by atoms with E-state index in [1.807, 2.05) is 12.1 Å². The van der Waals surface area contributed by atoms with Gasteiger partial charge in [-0.25, -0.2) is 17.7 Å². The number of fused-ring (bicyclic) bond motifs is 2. The third-order valence-electron chi connectivity index (χ3n) is 5.20. The molecule has 1 aromatic heterocycles. The minimum atomic E-state index is -3.26. The first-order valence-electron chi connectivity index (χ1n) is 8.81. The summed E-state index contributed by atoms with van der Waals surface area (Å²) in [5.74, 6) is 0.580. The number of benzene rings is 1. The van der Waals surface area contributed by atoms with E-state index in [0.717, 1.165) is 13.0 Å². The normalized spacial score (nSPS) is 18.1. The van der Waals surface area contributed by atoms with E-state index < -0.39 is 10.0 Å². The lowest BCUT2D eigenvalue weighted by Gasteiger charge is -2.29. The lowest BCUT2D eigenvalue weighted by atomic mass is 10.0. The molecular formula is C18H22N4O3S. The number of H-pyrrole nitrogens is 1. The van der Waals surface area contributed by atoms with Gasteiger partial charge in [0, 0.05) is 38.2 Å². The van der Waals surface area contributed by atoms with E-state index in [1.54, 1.807) is 0 Å². The Morgan fingerprint density at radius 2 is 1.77 bits per heavy atom. The Bertz CT molecular complexity index is 1000. The first-order valence-corrected chi connectivity index (χ1v) is 10.7. The molecule has 2 aliphatic rings. The highest BCUT2D eigenvalue weighted by molar-refractivity contribution is 7.88. The fraction of sp³-hybridized carbons (Fsp3) is 0.444. The van der Waals surface area contributed by atoms with Crippen LogP contribution in [0.25, 0.3) is 0 Å². The number of hydrogen-bond donors (Lipinski definition) is 1. The van der Waals surface area contributed by atoms with Crippen LogP contribution in [0.1, 0.15) is 22.4 Å². The molecule has 0 saturated heterocycles. The fourth-order valence-electron chi connectivity index (χ4n) is 3.73. The smallest absolute Gasteiger partial charge is 0.255 e. The lowest BCUT2D eigenvalue weighted by molar-refractivity contribution is 0.430. The number of sulfonamides is 1. The molecule has 0 radical (unpaired) electrons. The van der Waals surface area contributed by atoms with Crippen LogP contribution in [0, 0.1) is 0 Å². The average Bonchev–Trinajstić information content (AvgIpc) is 2.84.